The molecular formula is C8H4F5NO3. The van der Waals surface area contributed by atoms with Gasteiger partial charge in [-0.15, -0.1) is 0 Å². The Labute approximate surface area is 89.7 Å². The van der Waals surface area contributed by atoms with E-state index in [0.29, 0.717) is 0 Å². The SMILES string of the molecule is O=C(O)c1cc(=O)[nH]c(C(F)(F)F)c1C(F)F. The highest BCUT2D eigenvalue weighted by Crippen LogP contribution is 2.35. The number of alkyl halides is 5. The van der Waals surface area contributed by atoms with Crippen molar-refractivity contribution >= 4 is 5.97 Å². The smallest absolute Gasteiger partial charge is 0.431 e. The lowest BCUT2D eigenvalue weighted by molar-refractivity contribution is -0.143. The van der Waals surface area contributed by atoms with E-state index < -0.39 is 41.0 Å². The minimum atomic E-state index is -5.27. The van der Waals surface area contributed by atoms with Crippen molar-refractivity contribution in [1.29, 1.82) is 0 Å². The molecule has 1 heterocycles. The van der Waals surface area contributed by atoms with Crippen LogP contribution in [0.3, 0.4) is 0 Å². The number of nitrogens with one attached hydrogen (secondary N) is 1. The Morgan fingerprint density at radius 1 is 1.35 bits per heavy atom. The predicted molar refractivity (Wildman–Crippen MR) is 44.0 cm³/mol. The second-order valence-electron chi connectivity index (χ2n) is 2.94. The van der Waals surface area contributed by atoms with Crippen LogP contribution in [0.5, 0.6) is 0 Å². The van der Waals surface area contributed by atoms with Gasteiger partial charge in [0, 0.05) is 6.07 Å². The normalized spacial score (nSPS) is 11.9. The highest BCUT2D eigenvalue weighted by atomic mass is 19.4. The molecule has 9 heteroatoms. The summed E-state index contributed by atoms with van der Waals surface area (Å²) in [5, 5.41) is 8.48. The molecule has 17 heavy (non-hydrogen) atoms. The Hall–Kier alpha value is -1.93. The van der Waals surface area contributed by atoms with Crippen LogP contribution in [-0.4, -0.2) is 16.1 Å². The van der Waals surface area contributed by atoms with Gasteiger partial charge in [0.25, 0.3) is 6.43 Å². The van der Waals surface area contributed by atoms with Crippen LogP contribution < -0.4 is 5.56 Å². The maximum atomic E-state index is 12.4. The van der Waals surface area contributed by atoms with E-state index in [4.69, 9.17) is 5.11 Å². The van der Waals surface area contributed by atoms with E-state index in [2.05, 4.69) is 0 Å². The van der Waals surface area contributed by atoms with Gasteiger partial charge in [-0.1, -0.05) is 0 Å². The Balaban J connectivity index is 3.70. The molecule has 0 spiro atoms. The number of rotatable bonds is 2. The number of carbonyl (C=O) groups is 1. The van der Waals surface area contributed by atoms with Crippen molar-refractivity contribution in [3.63, 3.8) is 0 Å². The van der Waals surface area contributed by atoms with Crippen LogP contribution in [0, 0.1) is 0 Å². The molecule has 0 aliphatic carbocycles. The maximum absolute atomic E-state index is 12.4. The molecule has 0 aliphatic rings. The van der Waals surface area contributed by atoms with Gasteiger partial charge in [0.2, 0.25) is 5.56 Å². The molecule has 0 aliphatic heterocycles. The molecule has 0 radical (unpaired) electrons. The molecule has 94 valence electrons. The standard InChI is InChI=1S/C8H4F5NO3/c9-6(10)4-2(7(16)17)1-3(15)14-5(4)8(11,12)13/h1,6H,(H,14,15)(H,16,17). The number of hydrogen-bond acceptors (Lipinski definition) is 2. The highest BCUT2D eigenvalue weighted by Gasteiger charge is 2.39. The molecule has 0 amide bonds. The summed E-state index contributed by atoms with van der Waals surface area (Å²) in [6, 6.07) is 0.180. The largest absolute Gasteiger partial charge is 0.478 e. The van der Waals surface area contributed by atoms with Crippen molar-refractivity contribution in [1.82, 2.24) is 4.98 Å². The maximum Gasteiger partial charge on any atom is 0.431 e. The van der Waals surface area contributed by atoms with Gasteiger partial charge in [-0.25, -0.2) is 13.6 Å². The van der Waals surface area contributed by atoms with Gasteiger partial charge >= 0.3 is 12.1 Å². The van der Waals surface area contributed by atoms with Crippen LogP contribution in [-0.2, 0) is 6.18 Å². The van der Waals surface area contributed by atoms with Crippen LogP contribution in [0.1, 0.15) is 28.0 Å². The number of aromatic amines is 1. The third-order valence-electron chi connectivity index (χ3n) is 1.82. The van der Waals surface area contributed by atoms with Crippen LogP contribution >= 0.6 is 0 Å². The lowest BCUT2D eigenvalue weighted by Gasteiger charge is -2.13. The summed E-state index contributed by atoms with van der Waals surface area (Å²) >= 11 is 0. The molecule has 0 atom stereocenters. The molecule has 0 saturated heterocycles. The van der Waals surface area contributed by atoms with Gasteiger partial charge in [-0.3, -0.25) is 4.79 Å². The zero-order chi connectivity index (χ0) is 13.4. The molecule has 1 aromatic rings. The van der Waals surface area contributed by atoms with Crippen molar-refractivity contribution in [3.05, 3.63) is 33.2 Å². The molecule has 2 N–H and O–H groups in total. The molecule has 0 unspecified atom stereocenters. The summed E-state index contributed by atoms with van der Waals surface area (Å²) in [7, 11) is 0. The number of carboxylic acids is 1. The number of halogens is 5. The quantitative estimate of drug-likeness (QED) is 0.796. The van der Waals surface area contributed by atoms with Gasteiger partial charge in [-0.2, -0.15) is 13.2 Å². The minimum absolute atomic E-state index is 0.180. The molecule has 1 rings (SSSR count). The zero-order valence-corrected chi connectivity index (χ0v) is 7.81. The van der Waals surface area contributed by atoms with Gasteiger partial charge < -0.3 is 10.1 Å². The zero-order valence-electron chi connectivity index (χ0n) is 7.81. The van der Waals surface area contributed by atoms with Crippen molar-refractivity contribution in [2.75, 3.05) is 0 Å². The average molecular weight is 257 g/mol. The first-order valence-electron chi connectivity index (χ1n) is 4.00. The molecule has 0 saturated carbocycles. The third-order valence-corrected chi connectivity index (χ3v) is 1.82. The molecular weight excluding hydrogens is 253 g/mol. The first-order chi connectivity index (χ1) is 7.64. The van der Waals surface area contributed by atoms with Gasteiger partial charge in [0.05, 0.1) is 11.1 Å². The minimum Gasteiger partial charge on any atom is -0.478 e. The predicted octanol–water partition coefficient (Wildman–Crippen LogP) is 2.03. The summed E-state index contributed by atoms with van der Waals surface area (Å²) in [5.41, 5.74) is -6.57. The summed E-state index contributed by atoms with van der Waals surface area (Å²) in [4.78, 5) is 22.4. The van der Waals surface area contributed by atoms with Crippen molar-refractivity contribution in [3.8, 4) is 0 Å². The van der Waals surface area contributed by atoms with Crippen LogP contribution in [0.4, 0.5) is 22.0 Å². The van der Waals surface area contributed by atoms with Gasteiger partial charge in [-0.05, 0) is 0 Å². The fourth-order valence-electron chi connectivity index (χ4n) is 1.20. The number of aromatic nitrogens is 1. The van der Waals surface area contributed by atoms with Gasteiger partial charge in [0.15, 0.2) is 0 Å². The molecule has 0 aromatic carbocycles. The molecule has 0 bridgehead atoms. The van der Waals surface area contributed by atoms with Crippen LogP contribution in [0.15, 0.2) is 10.9 Å². The Bertz CT molecular complexity index is 505. The summed E-state index contributed by atoms with van der Waals surface area (Å²) in [6.07, 6.45) is -8.94. The van der Waals surface area contributed by atoms with Crippen molar-refractivity contribution in [2.45, 2.75) is 12.6 Å². The number of pyridine rings is 1. The monoisotopic (exact) mass is 257 g/mol. The Morgan fingerprint density at radius 3 is 2.24 bits per heavy atom. The van der Waals surface area contributed by atoms with E-state index in [0.717, 1.165) is 0 Å². The van der Waals surface area contributed by atoms with E-state index in [9.17, 15) is 31.5 Å². The van der Waals surface area contributed by atoms with Crippen LogP contribution in [0.25, 0.3) is 0 Å². The second kappa shape index (κ2) is 4.15. The second-order valence-corrected chi connectivity index (χ2v) is 2.94. The van der Waals surface area contributed by atoms with Crippen LogP contribution in [0.2, 0.25) is 0 Å². The Morgan fingerprint density at radius 2 is 1.88 bits per heavy atom. The number of aromatic carboxylic acids is 1. The average Bonchev–Trinajstić information content (AvgIpc) is 2.14. The topological polar surface area (TPSA) is 70.2 Å². The summed E-state index contributed by atoms with van der Waals surface area (Å²) in [5.74, 6) is -2.03. The third kappa shape index (κ3) is 2.60. The van der Waals surface area contributed by atoms with Gasteiger partial charge in [0.1, 0.15) is 5.69 Å². The number of H-pyrrole nitrogens is 1. The van der Waals surface area contributed by atoms with E-state index in [1.165, 1.54) is 4.98 Å². The Kier molecular flexibility index (Phi) is 3.21. The summed E-state index contributed by atoms with van der Waals surface area (Å²) in [6.45, 7) is 0. The molecule has 1 aromatic heterocycles. The molecule has 0 fully saturated rings. The number of hydrogen-bond donors (Lipinski definition) is 2. The highest BCUT2D eigenvalue weighted by molar-refractivity contribution is 5.89. The number of carboxylic acid groups (broad SMARTS) is 1. The van der Waals surface area contributed by atoms with Crippen molar-refractivity contribution < 1.29 is 31.9 Å². The first-order valence-corrected chi connectivity index (χ1v) is 4.00. The summed E-state index contributed by atoms with van der Waals surface area (Å²) < 4.78 is 61.9. The van der Waals surface area contributed by atoms with E-state index in [-0.39, 0.29) is 6.07 Å². The molecule has 4 nitrogen and oxygen atoms in total. The van der Waals surface area contributed by atoms with E-state index in [1.807, 2.05) is 0 Å². The fourth-order valence-corrected chi connectivity index (χ4v) is 1.20. The fraction of sp³-hybridized carbons (Fsp3) is 0.250. The first kappa shape index (κ1) is 13.1. The van der Waals surface area contributed by atoms with E-state index in [1.54, 1.807) is 0 Å². The lowest BCUT2D eigenvalue weighted by atomic mass is 10.1. The van der Waals surface area contributed by atoms with E-state index >= 15 is 0 Å². The van der Waals surface area contributed by atoms with Crippen molar-refractivity contribution in [2.24, 2.45) is 0 Å². The lowest BCUT2D eigenvalue weighted by Crippen LogP contribution is -2.23.